The minimum absolute atomic E-state index is 0. The summed E-state index contributed by atoms with van der Waals surface area (Å²) in [6.45, 7) is 0. The first-order valence-corrected chi connectivity index (χ1v) is 8.00. The Balaban J connectivity index is 0.00000225. The van der Waals surface area contributed by atoms with Gasteiger partial charge in [-0.25, -0.2) is 4.98 Å². The molecule has 0 unspecified atom stereocenters. The van der Waals surface area contributed by atoms with Crippen LogP contribution >= 0.6 is 28.3 Å². The number of carboxylic acids is 1. The summed E-state index contributed by atoms with van der Waals surface area (Å²) >= 11 is 1.29. The van der Waals surface area contributed by atoms with Gasteiger partial charge in [-0.1, -0.05) is 41.7 Å². The molecule has 3 aromatic rings. The second-order valence-electron chi connectivity index (χ2n) is 4.88. The number of carboxylic acid groups (broad SMARTS) is 1. The van der Waals surface area contributed by atoms with E-state index in [0.29, 0.717) is 15.7 Å². The molecule has 2 aromatic heterocycles. The van der Waals surface area contributed by atoms with Crippen molar-refractivity contribution in [3.8, 4) is 11.3 Å². The number of nitrogens with one attached hydrogen (secondary N) is 1. The number of thiazole rings is 1. The molecule has 0 aliphatic heterocycles. The fourth-order valence-electron chi connectivity index (χ4n) is 2.09. The Morgan fingerprint density at radius 1 is 1.20 bits per heavy atom. The van der Waals surface area contributed by atoms with E-state index in [9.17, 15) is 4.79 Å². The molecule has 0 fully saturated rings. The van der Waals surface area contributed by atoms with Crippen LogP contribution in [-0.2, 0) is 11.2 Å². The van der Waals surface area contributed by atoms with Crippen molar-refractivity contribution in [2.75, 3.05) is 5.43 Å². The first-order chi connectivity index (χ1) is 11.7. The van der Waals surface area contributed by atoms with Crippen LogP contribution in [0.4, 0.5) is 5.13 Å². The van der Waals surface area contributed by atoms with E-state index in [1.54, 1.807) is 18.6 Å². The van der Waals surface area contributed by atoms with E-state index in [1.807, 2.05) is 42.5 Å². The van der Waals surface area contributed by atoms with Crippen molar-refractivity contribution >= 4 is 45.6 Å². The average Bonchev–Trinajstić information content (AvgIpc) is 2.98. The number of hydrogen-bond donors (Lipinski definition) is 2. The molecule has 0 saturated carbocycles. The summed E-state index contributed by atoms with van der Waals surface area (Å²) in [5.74, 6) is -0.886. The number of benzene rings is 1. The lowest BCUT2D eigenvalue weighted by atomic mass is 10.1. The second kappa shape index (κ2) is 9.05. The molecule has 0 saturated heterocycles. The SMILES string of the molecule is Br.O=C(O)Cc1sc(N/N=C\c2ccncc2)nc1-c1ccccc1. The van der Waals surface area contributed by atoms with Gasteiger partial charge in [0.15, 0.2) is 0 Å². The van der Waals surface area contributed by atoms with Crippen molar-refractivity contribution in [1.29, 1.82) is 0 Å². The predicted molar refractivity (Wildman–Crippen MR) is 105 cm³/mol. The lowest BCUT2D eigenvalue weighted by Crippen LogP contribution is -1.99. The third-order valence-corrected chi connectivity index (χ3v) is 4.10. The summed E-state index contributed by atoms with van der Waals surface area (Å²) in [5, 5.41) is 13.8. The van der Waals surface area contributed by atoms with Gasteiger partial charge in [-0.15, -0.1) is 17.0 Å². The summed E-state index contributed by atoms with van der Waals surface area (Å²) in [5.41, 5.74) is 5.32. The zero-order chi connectivity index (χ0) is 16.8. The number of hydrogen-bond acceptors (Lipinski definition) is 6. The van der Waals surface area contributed by atoms with Gasteiger partial charge in [0.05, 0.1) is 18.3 Å². The standard InChI is InChI=1S/C17H14N4O2S.BrH/c22-15(23)10-14-16(13-4-2-1-3-5-13)20-17(24-14)21-19-11-12-6-8-18-9-7-12;/h1-9,11H,10H2,(H,20,21)(H,22,23);1H/b19-11-;. The molecule has 2 heterocycles. The minimum atomic E-state index is -0.886. The summed E-state index contributed by atoms with van der Waals surface area (Å²) < 4.78 is 0. The maximum absolute atomic E-state index is 11.1. The van der Waals surface area contributed by atoms with Crippen LogP contribution < -0.4 is 5.43 Å². The van der Waals surface area contributed by atoms with Gasteiger partial charge in [-0.2, -0.15) is 5.10 Å². The molecule has 0 aliphatic rings. The topological polar surface area (TPSA) is 87.5 Å². The van der Waals surface area contributed by atoms with Gasteiger partial charge in [0.2, 0.25) is 5.13 Å². The molecule has 128 valence electrons. The third-order valence-electron chi connectivity index (χ3n) is 3.14. The monoisotopic (exact) mass is 418 g/mol. The minimum Gasteiger partial charge on any atom is -0.481 e. The quantitative estimate of drug-likeness (QED) is 0.468. The largest absolute Gasteiger partial charge is 0.481 e. The first kappa shape index (κ1) is 18.8. The lowest BCUT2D eigenvalue weighted by molar-refractivity contribution is -0.136. The van der Waals surface area contributed by atoms with Gasteiger partial charge in [-0.3, -0.25) is 15.2 Å². The molecule has 3 rings (SSSR count). The second-order valence-corrected chi connectivity index (χ2v) is 5.96. The Bertz CT molecular complexity index is 854. The molecule has 0 atom stereocenters. The molecule has 0 radical (unpaired) electrons. The molecule has 8 heteroatoms. The van der Waals surface area contributed by atoms with Gasteiger partial charge in [0.1, 0.15) is 0 Å². The smallest absolute Gasteiger partial charge is 0.308 e. The van der Waals surface area contributed by atoms with Gasteiger partial charge in [0, 0.05) is 22.8 Å². The number of pyridine rings is 1. The molecule has 6 nitrogen and oxygen atoms in total. The zero-order valence-corrected chi connectivity index (χ0v) is 15.5. The van der Waals surface area contributed by atoms with E-state index in [-0.39, 0.29) is 23.4 Å². The molecular weight excluding hydrogens is 404 g/mol. The predicted octanol–water partition coefficient (Wildman–Crippen LogP) is 3.86. The Kier molecular flexibility index (Phi) is 6.79. The van der Waals surface area contributed by atoms with E-state index >= 15 is 0 Å². The van der Waals surface area contributed by atoms with Crippen LogP contribution in [0.25, 0.3) is 11.3 Å². The average molecular weight is 419 g/mol. The Morgan fingerprint density at radius 3 is 2.60 bits per heavy atom. The summed E-state index contributed by atoms with van der Waals surface area (Å²) in [6, 6.07) is 13.2. The summed E-state index contributed by atoms with van der Waals surface area (Å²) in [6.07, 6.45) is 4.95. The first-order valence-electron chi connectivity index (χ1n) is 7.18. The highest BCUT2D eigenvalue weighted by atomic mass is 79.9. The van der Waals surface area contributed by atoms with Gasteiger partial charge < -0.3 is 5.11 Å². The van der Waals surface area contributed by atoms with Crippen LogP contribution in [0.15, 0.2) is 60.0 Å². The van der Waals surface area contributed by atoms with Crippen LogP contribution in [-0.4, -0.2) is 27.3 Å². The normalized spacial score (nSPS) is 10.4. The van der Waals surface area contributed by atoms with Crippen molar-refractivity contribution < 1.29 is 9.90 Å². The van der Waals surface area contributed by atoms with Crippen molar-refractivity contribution in [3.63, 3.8) is 0 Å². The van der Waals surface area contributed by atoms with E-state index in [0.717, 1.165) is 11.1 Å². The van der Waals surface area contributed by atoms with E-state index < -0.39 is 5.97 Å². The Labute approximate surface area is 159 Å². The van der Waals surface area contributed by atoms with Gasteiger partial charge in [0.25, 0.3) is 0 Å². The van der Waals surface area contributed by atoms with E-state index in [2.05, 4.69) is 20.5 Å². The van der Waals surface area contributed by atoms with Crippen LogP contribution in [0.2, 0.25) is 0 Å². The van der Waals surface area contributed by atoms with Gasteiger partial charge in [-0.05, 0) is 17.7 Å². The zero-order valence-electron chi connectivity index (χ0n) is 13.0. The number of carbonyl (C=O) groups is 1. The van der Waals surface area contributed by atoms with E-state index in [4.69, 9.17) is 5.11 Å². The number of nitrogens with zero attached hydrogens (tertiary/aromatic N) is 3. The van der Waals surface area contributed by atoms with Crippen LogP contribution in [0.1, 0.15) is 10.4 Å². The summed E-state index contributed by atoms with van der Waals surface area (Å²) in [4.78, 5) is 20.2. The maximum Gasteiger partial charge on any atom is 0.308 e. The van der Waals surface area contributed by atoms with Crippen molar-refractivity contribution in [2.24, 2.45) is 5.10 Å². The van der Waals surface area contributed by atoms with Crippen LogP contribution in [0.3, 0.4) is 0 Å². The molecule has 25 heavy (non-hydrogen) atoms. The molecule has 0 aliphatic carbocycles. The highest BCUT2D eigenvalue weighted by Crippen LogP contribution is 2.31. The Hall–Kier alpha value is -2.58. The molecule has 0 amide bonds. The number of anilines is 1. The summed E-state index contributed by atoms with van der Waals surface area (Å²) in [7, 11) is 0. The van der Waals surface area contributed by atoms with Crippen LogP contribution in [0, 0.1) is 0 Å². The lowest BCUT2D eigenvalue weighted by Gasteiger charge is -1.99. The van der Waals surface area contributed by atoms with Crippen LogP contribution in [0.5, 0.6) is 0 Å². The molecule has 2 N–H and O–H groups in total. The third kappa shape index (κ3) is 5.20. The number of aromatic nitrogens is 2. The fraction of sp³-hybridized carbons (Fsp3) is 0.0588. The number of hydrazone groups is 1. The fourth-order valence-corrected chi connectivity index (χ4v) is 3.01. The molecular formula is C17H15BrN4O2S. The number of aliphatic carboxylic acids is 1. The van der Waals surface area contributed by atoms with Gasteiger partial charge >= 0.3 is 5.97 Å². The number of rotatable bonds is 6. The van der Waals surface area contributed by atoms with Crippen molar-refractivity contribution in [3.05, 3.63) is 65.3 Å². The maximum atomic E-state index is 11.1. The molecule has 0 bridgehead atoms. The Morgan fingerprint density at radius 2 is 1.92 bits per heavy atom. The van der Waals surface area contributed by atoms with Crippen molar-refractivity contribution in [1.82, 2.24) is 9.97 Å². The molecule has 0 spiro atoms. The van der Waals surface area contributed by atoms with Crippen molar-refractivity contribution in [2.45, 2.75) is 6.42 Å². The number of halogens is 1. The molecule has 1 aromatic carbocycles. The highest BCUT2D eigenvalue weighted by molar-refractivity contribution is 8.93. The van der Waals surface area contributed by atoms with E-state index in [1.165, 1.54) is 11.3 Å². The highest BCUT2D eigenvalue weighted by Gasteiger charge is 2.15.